The van der Waals surface area contributed by atoms with Crippen LogP contribution in [-0.4, -0.2) is 21.6 Å². The highest BCUT2D eigenvalue weighted by atomic mass is 127. The molecule has 0 aliphatic heterocycles. The Hall–Kier alpha value is -1.37. The summed E-state index contributed by atoms with van der Waals surface area (Å²) < 4.78 is 1.07. The lowest BCUT2D eigenvalue weighted by Gasteiger charge is -2.12. The molecule has 20 heavy (non-hydrogen) atoms. The molecule has 2 N–H and O–H groups in total. The molecule has 1 aromatic heterocycles. The first-order valence-corrected chi connectivity index (χ1v) is 7.83. The lowest BCUT2D eigenvalue weighted by atomic mass is 10.2. The average Bonchev–Trinajstić information content (AvgIpc) is 2.46. The first-order valence-electron chi connectivity index (χ1n) is 6.75. The Labute approximate surface area is 132 Å². The highest BCUT2D eigenvalue weighted by Crippen LogP contribution is 2.26. The molecule has 0 saturated carbocycles. The maximum Gasteiger partial charge on any atom is 0.161 e. The molecule has 5 heteroatoms. The van der Waals surface area contributed by atoms with Crippen molar-refractivity contribution in [3.05, 3.63) is 33.5 Å². The smallest absolute Gasteiger partial charge is 0.161 e. The quantitative estimate of drug-likeness (QED) is 0.771. The molecule has 0 radical (unpaired) electrons. The fraction of sp³-hybridized carbons (Fsp3) is 0.333. The highest BCUT2D eigenvalue weighted by molar-refractivity contribution is 14.1. The predicted octanol–water partition coefficient (Wildman–Crippen LogP) is 3.84. The van der Waals surface area contributed by atoms with Crippen molar-refractivity contribution in [3.8, 4) is 17.1 Å². The number of rotatable bonds is 5. The summed E-state index contributed by atoms with van der Waals surface area (Å²) in [7, 11) is 0. The summed E-state index contributed by atoms with van der Waals surface area (Å²) in [6.07, 6.45) is 1.90. The van der Waals surface area contributed by atoms with E-state index in [4.69, 9.17) is 0 Å². The lowest BCUT2D eigenvalue weighted by molar-refractivity contribution is 0.475. The number of nitrogens with zero attached hydrogens (tertiary/aromatic N) is 2. The van der Waals surface area contributed by atoms with Crippen LogP contribution in [0.5, 0.6) is 5.75 Å². The summed E-state index contributed by atoms with van der Waals surface area (Å²) in [4.78, 5) is 9.19. The number of nitrogens with one attached hydrogen (secondary N) is 1. The monoisotopic (exact) mass is 383 g/mol. The predicted molar refractivity (Wildman–Crippen MR) is 90.0 cm³/mol. The van der Waals surface area contributed by atoms with Gasteiger partial charge in [-0.3, -0.25) is 0 Å². The largest absolute Gasteiger partial charge is 0.508 e. The molecule has 0 spiro atoms. The fourth-order valence-corrected chi connectivity index (χ4v) is 2.68. The molecule has 1 heterocycles. The molecular weight excluding hydrogens is 365 g/mol. The summed E-state index contributed by atoms with van der Waals surface area (Å²) in [5.74, 6) is 1.75. The molecule has 0 bridgehead atoms. The van der Waals surface area contributed by atoms with Gasteiger partial charge in [0, 0.05) is 12.1 Å². The van der Waals surface area contributed by atoms with Crippen LogP contribution in [0.25, 0.3) is 11.4 Å². The number of hydrogen-bond acceptors (Lipinski definition) is 4. The number of aryl methyl sites for hydroxylation is 1. The van der Waals surface area contributed by atoms with Gasteiger partial charge in [-0.15, -0.1) is 0 Å². The van der Waals surface area contributed by atoms with E-state index in [1.807, 2.05) is 6.07 Å². The van der Waals surface area contributed by atoms with E-state index >= 15 is 0 Å². The third kappa shape index (κ3) is 3.39. The molecule has 0 aliphatic rings. The Balaban J connectivity index is 2.48. The first-order chi connectivity index (χ1) is 9.65. The fourth-order valence-electron chi connectivity index (χ4n) is 1.86. The summed E-state index contributed by atoms with van der Waals surface area (Å²) >= 11 is 2.29. The minimum atomic E-state index is 0.228. The van der Waals surface area contributed by atoms with E-state index in [2.05, 4.69) is 51.7 Å². The Bertz CT molecular complexity index is 602. The van der Waals surface area contributed by atoms with Gasteiger partial charge in [0.15, 0.2) is 5.82 Å². The van der Waals surface area contributed by atoms with E-state index in [9.17, 15) is 5.11 Å². The molecule has 0 atom stereocenters. The number of anilines is 1. The van der Waals surface area contributed by atoms with Crippen LogP contribution in [0.4, 0.5) is 5.82 Å². The summed E-state index contributed by atoms with van der Waals surface area (Å²) in [6.45, 7) is 5.09. The molecule has 0 aliphatic carbocycles. The van der Waals surface area contributed by atoms with Crippen LogP contribution in [0.3, 0.4) is 0 Å². The molecule has 0 unspecified atom stereocenters. The van der Waals surface area contributed by atoms with Gasteiger partial charge in [-0.05, 0) is 47.6 Å². The Morgan fingerprint density at radius 1 is 1.25 bits per heavy atom. The van der Waals surface area contributed by atoms with Crippen LogP contribution in [0.15, 0.2) is 24.3 Å². The maximum atomic E-state index is 9.59. The number of phenols is 1. The number of aromatic hydroxyl groups is 1. The molecule has 0 saturated heterocycles. The van der Waals surface area contributed by atoms with Crippen LogP contribution in [-0.2, 0) is 6.42 Å². The lowest BCUT2D eigenvalue weighted by Crippen LogP contribution is -2.08. The maximum absolute atomic E-state index is 9.59. The van der Waals surface area contributed by atoms with E-state index in [0.717, 1.165) is 40.0 Å². The van der Waals surface area contributed by atoms with Crippen LogP contribution in [0, 0.1) is 3.57 Å². The second kappa shape index (κ2) is 6.88. The van der Waals surface area contributed by atoms with Gasteiger partial charge < -0.3 is 10.4 Å². The van der Waals surface area contributed by atoms with Crippen molar-refractivity contribution in [1.29, 1.82) is 0 Å². The molecule has 1 aromatic carbocycles. The van der Waals surface area contributed by atoms with Crippen molar-refractivity contribution in [3.63, 3.8) is 0 Å². The third-order valence-corrected chi connectivity index (χ3v) is 4.04. The van der Waals surface area contributed by atoms with E-state index in [1.54, 1.807) is 18.2 Å². The van der Waals surface area contributed by atoms with E-state index in [-0.39, 0.29) is 5.75 Å². The van der Waals surface area contributed by atoms with Gasteiger partial charge in [-0.2, -0.15) is 0 Å². The van der Waals surface area contributed by atoms with Crippen LogP contribution in [0.1, 0.15) is 26.0 Å². The van der Waals surface area contributed by atoms with Crippen molar-refractivity contribution in [2.75, 3.05) is 11.9 Å². The SMILES string of the molecule is CCCNc1nc(-c2cccc(O)c2)nc(CC)c1I. The number of benzene rings is 1. The molecule has 106 valence electrons. The molecule has 2 rings (SSSR count). The van der Waals surface area contributed by atoms with Crippen molar-refractivity contribution < 1.29 is 5.11 Å². The number of aromatic nitrogens is 2. The number of phenolic OH excluding ortho intramolecular Hbond substituents is 1. The zero-order valence-electron chi connectivity index (χ0n) is 11.7. The summed E-state index contributed by atoms with van der Waals surface area (Å²) in [6, 6.07) is 7.04. The minimum absolute atomic E-state index is 0.228. The van der Waals surface area contributed by atoms with Gasteiger partial charge in [0.05, 0.1) is 9.26 Å². The summed E-state index contributed by atoms with van der Waals surface area (Å²) in [5, 5.41) is 12.9. The van der Waals surface area contributed by atoms with Crippen molar-refractivity contribution in [1.82, 2.24) is 9.97 Å². The molecule has 0 fully saturated rings. The Morgan fingerprint density at radius 2 is 2.05 bits per heavy atom. The van der Waals surface area contributed by atoms with Gasteiger partial charge in [0.25, 0.3) is 0 Å². The van der Waals surface area contributed by atoms with Crippen LogP contribution in [0.2, 0.25) is 0 Å². The van der Waals surface area contributed by atoms with Gasteiger partial charge in [0.2, 0.25) is 0 Å². The zero-order valence-corrected chi connectivity index (χ0v) is 13.8. The van der Waals surface area contributed by atoms with Crippen molar-refractivity contribution in [2.24, 2.45) is 0 Å². The Kier molecular flexibility index (Phi) is 5.17. The Morgan fingerprint density at radius 3 is 2.70 bits per heavy atom. The molecular formula is C15H18IN3O. The van der Waals surface area contributed by atoms with E-state index in [0.29, 0.717) is 5.82 Å². The standard InChI is InChI=1S/C15H18IN3O/c1-3-8-17-15-13(16)12(4-2)18-14(19-15)10-6-5-7-11(20)9-10/h5-7,9,20H,3-4,8H2,1-2H3,(H,17,18,19). The average molecular weight is 383 g/mol. The second-order valence-electron chi connectivity index (χ2n) is 4.49. The molecule has 2 aromatic rings. The number of hydrogen-bond donors (Lipinski definition) is 2. The highest BCUT2D eigenvalue weighted by Gasteiger charge is 2.12. The topological polar surface area (TPSA) is 58.0 Å². The molecule has 0 amide bonds. The van der Waals surface area contributed by atoms with Crippen LogP contribution >= 0.6 is 22.6 Å². The number of halogens is 1. The van der Waals surface area contributed by atoms with Gasteiger partial charge in [-0.25, -0.2) is 9.97 Å². The van der Waals surface area contributed by atoms with Gasteiger partial charge in [-0.1, -0.05) is 26.0 Å². The normalized spacial score (nSPS) is 10.6. The second-order valence-corrected chi connectivity index (χ2v) is 5.57. The minimum Gasteiger partial charge on any atom is -0.508 e. The van der Waals surface area contributed by atoms with Crippen molar-refractivity contribution >= 4 is 28.4 Å². The summed E-state index contributed by atoms with van der Waals surface area (Å²) in [5.41, 5.74) is 1.85. The first kappa shape index (κ1) is 15.0. The van der Waals surface area contributed by atoms with Gasteiger partial charge >= 0.3 is 0 Å². The van der Waals surface area contributed by atoms with Crippen molar-refractivity contribution in [2.45, 2.75) is 26.7 Å². The zero-order chi connectivity index (χ0) is 14.5. The van der Waals surface area contributed by atoms with Gasteiger partial charge in [0.1, 0.15) is 11.6 Å². The van der Waals surface area contributed by atoms with E-state index in [1.165, 1.54) is 0 Å². The van der Waals surface area contributed by atoms with E-state index < -0.39 is 0 Å². The van der Waals surface area contributed by atoms with Crippen LogP contribution < -0.4 is 5.32 Å². The third-order valence-electron chi connectivity index (χ3n) is 2.90. The molecule has 4 nitrogen and oxygen atoms in total.